The third kappa shape index (κ3) is 36.0. The summed E-state index contributed by atoms with van der Waals surface area (Å²) in [5.74, 6) is -1.39. The van der Waals surface area contributed by atoms with Crippen LogP contribution in [0.4, 0.5) is 0 Å². The highest BCUT2D eigenvalue weighted by atomic mass is 16.4. The van der Waals surface area contributed by atoms with Crippen LogP contribution in [0.3, 0.4) is 0 Å². The molecular weight excluding hydrogens is 268 g/mol. The van der Waals surface area contributed by atoms with E-state index in [0.717, 1.165) is 25.7 Å². The molecule has 0 spiro atoms. The Balaban J connectivity index is -0.000000218. The van der Waals surface area contributed by atoms with Crippen LogP contribution >= 0.6 is 0 Å². The first kappa shape index (κ1) is 23.9. The van der Waals surface area contributed by atoms with Crippen LogP contribution in [-0.4, -0.2) is 56.8 Å². The van der Waals surface area contributed by atoms with E-state index in [1.807, 2.05) is 13.8 Å². The van der Waals surface area contributed by atoms with E-state index in [9.17, 15) is 9.59 Å². The lowest BCUT2D eigenvalue weighted by molar-refractivity contribution is -0.138. The van der Waals surface area contributed by atoms with Gasteiger partial charge >= 0.3 is 11.9 Å². The van der Waals surface area contributed by atoms with Crippen molar-refractivity contribution in [2.75, 3.05) is 13.2 Å². The molecule has 0 aromatic carbocycles. The second-order valence-electron chi connectivity index (χ2n) is 4.01. The number of carboxylic acids is 2. The summed E-state index contributed by atoms with van der Waals surface area (Å²) in [6.07, 6.45) is 3.21. The molecule has 0 aromatic rings. The van der Waals surface area contributed by atoms with E-state index in [4.69, 9.17) is 25.5 Å². The van der Waals surface area contributed by atoms with Gasteiger partial charge in [-0.15, -0.1) is 0 Å². The van der Waals surface area contributed by atoms with Crippen LogP contribution in [0.5, 0.6) is 0 Å². The molecule has 0 aliphatic rings. The number of unbranched alkanes of at least 4 members (excludes halogenated alkanes) is 2. The molecule has 0 radical (unpaired) electrons. The Bertz CT molecular complexity index is 197. The molecule has 0 rings (SSSR count). The molecular formula is C13H28O7. The largest absolute Gasteiger partial charge is 0.481 e. The molecule has 5 N–H and O–H groups in total. The average molecular weight is 296 g/mol. The Hall–Kier alpha value is -1.18. The zero-order valence-corrected chi connectivity index (χ0v) is 12.3. The molecule has 0 unspecified atom stereocenters. The maximum absolute atomic E-state index is 9.76. The van der Waals surface area contributed by atoms with Gasteiger partial charge in [0.15, 0.2) is 0 Å². The van der Waals surface area contributed by atoms with Crippen molar-refractivity contribution in [3.63, 3.8) is 0 Å². The Morgan fingerprint density at radius 1 is 0.850 bits per heavy atom. The molecule has 0 saturated carbocycles. The van der Waals surface area contributed by atoms with Crippen LogP contribution in [0.2, 0.25) is 0 Å². The Morgan fingerprint density at radius 2 is 1.15 bits per heavy atom. The fourth-order valence-corrected chi connectivity index (χ4v) is 0.714. The fraction of sp³-hybridized carbons (Fsp3) is 0.846. The van der Waals surface area contributed by atoms with Gasteiger partial charge in [0.1, 0.15) is 6.10 Å². The van der Waals surface area contributed by atoms with Crippen molar-refractivity contribution in [1.82, 2.24) is 0 Å². The van der Waals surface area contributed by atoms with Gasteiger partial charge < -0.3 is 25.5 Å². The van der Waals surface area contributed by atoms with Crippen molar-refractivity contribution < 1.29 is 35.1 Å². The molecule has 7 heteroatoms. The normalized spacial score (nSPS) is 9.10. The number of carbonyl (C=O) groups is 2. The van der Waals surface area contributed by atoms with Crippen molar-refractivity contribution in [3.8, 4) is 0 Å². The van der Waals surface area contributed by atoms with E-state index in [0.29, 0.717) is 12.8 Å². The summed E-state index contributed by atoms with van der Waals surface area (Å²) in [5.41, 5.74) is 0. The van der Waals surface area contributed by atoms with Crippen molar-refractivity contribution in [1.29, 1.82) is 0 Å². The first-order valence-electron chi connectivity index (χ1n) is 6.68. The maximum atomic E-state index is 9.76. The standard InChI is InChI=1S/2C5H10O2.C3H8O3/c2*1-2-3-4-5(6)7;4-1-3(6)2-5/h2*2-4H2,1H3,(H,6,7);3-6H,1-2H2. The Kier molecular flexibility index (Phi) is 24.1. The number of aliphatic hydroxyl groups excluding tert-OH is 3. The van der Waals surface area contributed by atoms with E-state index < -0.39 is 18.0 Å². The minimum atomic E-state index is -0.954. The van der Waals surface area contributed by atoms with Crippen molar-refractivity contribution in [2.24, 2.45) is 0 Å². The zero-order chi connectivity index (χ0) is 16.4. The first-order valence-corrected chi connectivity index (χ1v) is 6.68. The third-order valence-electron chi connectivity index (χ3n) is 1.91. The van der Waals surface area contributed by atoms with E-state index in [2.05, 4.69) is 0 Å². The summed E-state index contributed by atoms with van der Waals surface area (Å²) in [5, 5.41) is 40.1. The molecule has 122 valence electrons. The lowest BCUT2D eigenvalue weighted by Crippen LogP contribution is -2.15. The van der Waals surface area contributed by atoms with Gasteiger partial charge in [-0.1, -0.05) is 26.7 Å². The summed E-state index contributed by atoms with van der Waals surface area (Å²) in [4.78, 5) is 19.5. The average Bonchev–Trinajstić information content (AvgIpc) is 2.43. The molecule has 0 heterocycles. The fourth-order valence-electron chi connectivity index (χ4n) is 0.714. The molecule has 7 nitrogen and oxygen atoms in total. The molecule has 0 atom stereocenters. The number of carboxylic acid groups (broad SMARTS) is 2. The van der Waals surface area contributed by atoms with Crippen LogP contribution in [0, 0.1) is 0 Å². The minimum absolute atomic E-state index is 0.316. The quantitative estimate of drug-likeness (QED) is 0.448. The topological polar surface area (TPSA) is 135 Å². The number of hydrogen-bond donors (Lipinski definition) is 5. The summed E-state index contributed by atoms with van der Waals surface area (Å²) in [7, 11) is 0. The van der Waals surface area contributed by atoms with E-state index >= 15 is 0 Å². The van der Waals surface area contributed by atoms with Crippen LogP contribution in [0.1, 0.15) is 52.4 Å². The summed E-state index contributed by atoms with van der Waals surface area (Å²) in [6.45, 7) is 3.22. The van der Waals surface area contributed by atoms with E-state index in [1.54, 1.807) is 0 Å². The first-order chi connectivity index (χ1) is 9.35. The number of rotatable bonds is 8. The minimum Gasteiger partial charge on any atom is -0.481 e. The molecule has 0 saturated heterocycles. The zero-order valence-electron chi connectivity index (χ0n) is 12.3. The van der Waals surface area contributed by atoms with E-state index in [1.165, 1.54) is 0 Å². The second-order valence-corrected chi connectivity index (χ2v) is 4.01. The molecule has 20 heavy (non-hydrogen) atoms. The van der Waals surface area contributed by atoms with Gasteiger partial charge in [-0.05, 0) is 12.8 Å². The SMILES string of the molecule is CCCCC(=O)O.CCCCC(=O)O.OCC(O)CO. The van der Waals surface area contributed by atoms with Crippen molar-refractivity contribution in [3.05, 3.63) is 0 Å². The lowest BCUT2D eigenvalue weighted by atomic mass is 10.3. The highest BCUT2D eigenvalue weighted by molar-refractivity contribution is 5.66. The maximum Gasteiger partial charge on any atom is 0.303 e. The molecule has 0 amide bonds. The van der Waals surface area contributed by atoms with Gasteiger partial charge in [0.2, 0.25) is 0 Å². The van der Waals surface area contributed by atoms with Gasteiger partial charge in [0, 0.05) is 12.8 Å². The summed E-state index contributed by atoms with van der Waals surface area (Å²) in [6, 6.07) is 0. The monoisotopic (exact) mass is 296 g/mol. The number of hydrogen-bond acceptors (Lipinski definition) is 5. The van der Waals surface area contributed by atoms with Gasteiger partial charge in [-0.3, -0.25) is 9.59 Å². The highest BCUT2D eigenvalue weighted by Crippen LogP contribution is 1.91. The number of aliphatic hydroxyl groups is 3. The summed E-state index contributed by atoms with van der Waals surface area (Å²) < 4.78 is 0. The van der Waals surface area contributed by atoms with Crippen molar-refractivity contribution >= 4 is 11.9 Å². The van der Waals surface area contributed by atoms with E-state index in [-0.39, 0.29) is 13.2 Å². The smallest absolute Gasteiger partial charge is 0.303 e. The van der Waals surface area contributed by atoms with Crippen LogP contribution in [-0.2, 0) is 9.59 Å². The molecule has 0 aromatic heterocycles. The number of aliphatic carboxylic acids is 2. The second kappa shape index (κ2) is 20.1. The van der Waals surface area contributed by atoms with Crippen LogP contribution in [0.15, 0.2) is 0 Å². The lowest BCUT2D eigenvalue weighted by Gasteiger charge is -1.96. The van der Waals surface area contributed by atoms with Gasteiger partial charge in [0.25, 0.3) is 0 Å². The van der Waals surface area contributed by atoms with Crippen molar-refractivity contribution in [2.45, 2.75) is 58.5 Å². The molecule has 0 bridgehead atoms. The summed E-state index contributed by atoms with van der Waals surface area (Å²) >= 11 is 0. The molecule has 0 aliphatic heterocycles. The van der Waals surface area contributed by atoms with Crippen LogP contribution < -0.4 is 0 Å². The highest BCUT2D eigenvalue weighted by Gasteiger charge is 1.94. The predicted octanol–water partition coefficient (Wildman–Crippen LogP) is 0.854. The Labute approximate surface area is 119 Å². The van der Waals surface area contributed by atoms with Crippen LogP contribution in [0.25, 0.3) is 0 Å². The van der Waals surface area contributed by atoms with Gasteiger partial charge in [-0.2, -0.15) is 0 Å². The molecule has 0 aliphatic carbocycles. The molecule has 0 fully saturated rings. The predicted molar refractivity (Wildman–Crippen MR) is 74.5 cm³/mol. The van der Waals surface area contributed by atoms with Gasteiger partial charge in [0.05, 0.1) is 13.2 Å². The Morgan fingerprint density at radius 3 is 1.20 bits per heavy atom. The third-order valence-corrected chi connectivity index (χ3v) is 1.91. The van der Waals surface area contributed by atoms with Gasteiger partial charge in [-0.25, -0.2) is 0 Å².